The molecule has 0 radical (unpaired) electrons. The number of rotatable bonds is 0. The van der Waals surface area contributed by atoms with Crippen LogP contribution in [0.4, 0.5) is 5.78 Å². The Balaban J connectivity index is 2.33. The van der Waals surface area contributed by atoms with Crippen LogP contribution in [0.1, 0.15) is 19.3 Å². The van der Waals surface area contributed by atoms with E-state index in [-0.39, 0.29) is 0 Å². The summed E-state index contributed by atoms with van der Waals surface area (Å²) < 4.78 is 25.4. The molecule has 0 aliphatic carbocycles. The first-order chi connectivity index (χ1) is 3.71. The van der Waals surface area contributed by atoms with Gasteiger partial charge in [-0.05, 0) is 0 Å². The fraction of sp³-hybridized carbons (Fsp3) is 1.00. The first-order valence-electron chi connectivity index (χ1n) is 2.89. The van der Waals surface area contributed by atoms with E-state index in [0.717, 1.165) is 19.3 Å². The summed E-state index contributed by atoms with van der Waals surface area (Å²) in [5.74, 6) is 0. The third-order valence-electron chi connectivity index (χ3n) is 1.39. The normalized spacial score (nSPS) is 31.8. The van der Waals surface area contributed by atoms with E-state index in [1.807, 2.05) is 0 Å². The number of hydrogen-bond donors (Lipinski definition) is 0. The van der Waals surface area contributed by atoms with Gasteiger partial charge in [0.2, 0.25) is 0 Å². The van der Waals surface area contributed by atoms with Crippen LogP contribution in [0, 0.1) is 0 Å². The Morgan fingerprint density at radius 2 is 1.38 bits per heavy atom. The van der Waals surface area contributed by atoms with Crippen molar-refractivity contribution in [3.63, 3.8) is 0 Å². The molecule has 0 bridgehead atoms. The monoisotopic (exact) mass is 238 g/mol. The molecule has 1 saturated heterocycles. The van der Waals surface area contributed by atoms with Crippen molar-refractivity contribution < 1.29 is 5.78 Å². The predicted octanol–water partition coefficient (Wildman–Crippen LogP) is 2.55. The van der Waals surface area contributed by atoms with E-state index in [9.17, 15) is 5.78 Å². The van der Waals surface area contributed by atoms with Crippen LogP contribution in [0.3, 0.4) is 0 Å². The average Bonchev–Trinajstić information content (AvgIpc) is 1.65. The molecule has 1 fully saturated rings. The molecule has 0 aromatic rings. The molecule has 0 aromatic carbocycles. The Labute approximate surface area is 53.6 Å². The van der Waals surface area contributed by atoms with Gasteiger partial charge in [0.1, 0.15) is 0 Å². The molecule has 0 amide bonds. The molecule has 1 rings (SSSR count). The van der Waals surface area contributed by atoms with Crippen molar-refractivity contribution in [2.45, 2.75) is 28.2 Å². The Morgan fingerprint density at radius 1 is 0.875 bits per heavy atom. The fourth-order valence-electron chi connectivity index (χ4n) is 0.905. The van der Waals surface area contributed by atoms with Crippen LogP contribution in [0.2, 0.25) is 8.94 Å². The van der Waals surface area contributed by atoms with Crippen molar-refractivity contribution in [2.75, 3.05) is 0 Å². The molecule has 0 unspecified atom stereocenters. The summed E-state index contributed by atoms with van der Waals surface area (Å²) in [6.45, 7) is 0. The summed E-state index contributed by atoms with van der Waals surface area (Å²) in [6.07, 6.45) is 2.64. The maximum absolute atomic E-state index is 12.4. The van der Waals surface area contributed by atoms with Gasteiger partial charge in [-0.2, -0.15) is 0 Å². The molecular weight excluding hydrogens is 226 g/mol. The van der Waals surface area contributed by atoms with Gasteiger partial charge in [-0.3, -0.25) is 0 Å². The molecule has 0 atom stereocenters. The van der Waals surface area contributed by atoms with Crippen LogP contribution >= 0.6 is 0 Å². The number of hydrogen-bond acceptors (Lipinski definition) is 0. The molecule has 8 heavy (non-hydrogen) atoms. The van der Waals surface area contributed by atoms with Crippen LogP contribution in [0.15, 0.2) is 0 Å². The zero-order valence-corrected chi connectivity index (χ0v) is 7.03. The third kappa shape index (κ3) is 1.87. The van der Waals surface area contributed by atoms with Gasteiger partial charge in [0.25, 0.3) is 0 Å². The molecule has 50 valence electrons. The van der Waals surface area contributed by atoms with Crippen LogP contribution < -0.4 is 0 Å². The molecule has 0 nitrogen and oxygen atoms in total. The number of halogens is 2. The van der Waals surface area contributed by atoms with E-state index in [2.05, 4.69) is 0 Å². The summed E-state index contributed by atoms with van der Waals surface area (Å²) in [5, 5.41) is 0. The van der Waals surface area contributed by atoms with Crippen molar-refractivity contribution in [1.29, 1.82) is 0 Å². The molecule has 1 aliphatic rings. The van der Waals surface area contributed by atoms with Crippen molar-refractivity contribution in [3.05, 3.63) is 0 Å². The van der Waals surface area contributed by atoms with E-state index >= 15 is 0 Å². The molecule has 0 saturated carbocycles. The standard InChI is InChI=1S/C5H10F2Te/c6-8(7)4-2-1-3-5-8/h1-5H2. The fourth-order valence-corrected chi connectivity index (χ4v) is 5.06. The van der Waals surface area contributed by atoms with E-state index in [1.165, 1.54) is 0 Å². The summed E-state index contributed by atoms with van der Waals surface area (Å²) in [5.41, 5.74) is 0. The predicted molar refractivity (Wildman–Crippen MR) is 31.4 cm³/mol. The Morgan fingerprint density at radius 3 is 1.62 bits per heavy atom. The van der Waals surface area contributed by atoms with Gasteiger partial charge in [0, 0.05) is 0 Å². The Hall–Kier alpha value is 0.650. The topological polar surface area (TPSA) is 0 Å². The molecule has 1 aliphatic heterocycles. The molecular formula is C5H10F2Te. The Bertz CT molecular complexity index is 74.5. The van der Waals surface area contributed by atoms with Crippen molar-refractivity contribution in [2.24, 2.45) is 0 Å². The molecule has 3 heteroatoms. The SMILES string of the molecule is F[Te]1(F)CCCCC1. The molecule has 0 N–H and O–H groups in total. The van der Waals surface area contributed by atoms with Crippen LogP contribution in [-0.2, 0) is 0 Å². The average molecular weight is 236 g/mol. The molecule has 1 heterocycles. The van der Waals surface area contributed by atoms with E-state index in [1.54, 1.807) is 0 Å². The zero-order valence-electron chi connectivity index (χ0n) is 4.70. The maximum atomic E-state index is 12.4. The first-order valence-corrected chi connectivity index (χ1v) is 7.94. The van der Waals surface area contributed by atoms with Crippen molar-refractivity contribution in [3.8, 4) is 0 Å². The zero-order chi connectivity index (χ0) is 6.04. The summed E-state index contributed by atoms with van der Waals surface area (Å²) >= 11 is -4.06. The second-order valence-corrected chi connectivity index (χ2v) is 8.49. The van der Waals surface area contributed by atoms with Gasteiger partial charge in [-0.15, -0.1) is 0 Å². The van der Waals surface area contributed by atoms with Crippen LogP contribution in [-0.4, -0.2) is 19.3 Å². The van der Waals surface area contributed by atoms with Crippen molar-refractivity contribution in [1.82, 2.24) is 0 Å². The van der Waals surface area contributed by atoms with Gasteiger partial charge < -0.3 is 0 Å². The first kappa shape index (κ1) is 6.77. The Kier molecular flexibility index (Phi) is 2.11. The third-order valence-corrected chi connectivity index (χ3v) is 6.44. The summed E-state index contributed by atoms with van der Waals surface area (Å²) in [7, 11) is 0. The van der Waals surface area contributed by atoms with Gasteiger partial charge in [0.15, 0.2) is 0 Å². The molecule has 0 spiro atoms. The second kappa shape index (κ2) is 2.49. The quantitative estimate of drug-likeness (QED) is 0.566. The minimum atomic E-state index is -4.06. The van der Waals surface area contributed by atoms with Crippen LogP contribution in [0.5, 0.6) is 0 Å². The minimum absolute atomic E-state index is 0.308. The summed E-state index contributed by atoms with van der Waals surface area (Å²) in [4.78, 5) is 0. The second-order valence-electron chi connectivity index (χ2n) is 2.17. The van der Waals surface area contributed by atoms with Gasteiger partial charge in [0.05, 0.1) is 0 Å². The van der Waals surface area contributed by atoms with E-state index in [4.69, 9.17) is 0 Å². The van der Waals surface area contributed by atoms with E-state index < -0.39 is 19.3 Å². The van der Waals surface area contributed by atoms with E-state index in [0.29, 0.717) is 8.94 Å². The van der Waals surface area contributed by atoms with Gasteiger partial charge in [-0.25, -0.2) is 0 Å². The van der Waals surface area contributed by atoms with Crippen molar-refractivity contribution >= 4 is 19.3 Å². The molecule has 0 aromatic heterocycles. The van der Waals surface area contributed by atoms with Gasteiger partial charge >= 0.3 is 53.3 Å². The summed E-state index contributed by atoms with van der Waals surface area (Å²) in [6, 6.07) is 0. The van der Waals surface area contributed by atoms with Gasteiger partial charge in [-0.1, -0.05) is 0 Å². The van der Waals surface area contributed by atoms with Crippen LogP contribution in [0.25, 0.3) is 0 Å².